The average molecular weight is 1370 g/mol. The lowest BCUT2D eigenvalue weighted by Crippen LogP contribution is -2.60. The van der Waals surface area contributed by atoms with E-state index in [0.717, 1.165) is 0 Å². The van der Waals surface area contributed by atoms with Crippen molar-refractivity contribution in [2.24, 2.45) is 105 Å². The summed E-state index contributed by atoms with van der Waals surface area (Å²) >= 11 is 0. The van der Waals surface area contributed by atoms with Gasteiger partial charge in [-0.05, 0) is 136 Å². The largest absolute Gasteiger partial charge is 0.391 e. The predicted molar refractivity (Wildman–Crippen MR) is 358 cm³/mol. The van der Waals surface area contributed by atoms with Crippen molar-refractivity contribution in [1.82, 2.24) is 52.8 Å². The van der Waals surface area contributed by atoms with Crippen LogP contribution in [0.1, 0.15) is 122 Å². The fourth-order valence-corrected chi connectivity index (χ4v) is 9.55. The summed E-state index contributed by atoms with van der Waals surface area (Å²) in [6, 6.07) is -12.1. The summed E-state index contributed by atoms with van der Waals surface area (Å²) in [7, 11) is 0. The van der Waals surface area contributed by atoms with Gasteiger partial charge in [-0.1, -0.05) is 0 Å². The number of nitrogens with zero attached hydrogens (tertiary/aromatic N) is 6. The third-order valence-corrected chi connectivity index (χ3v) is 14.6. The van der Waals surface area contributed by atoms with Gasteiger partial charge in [-0.25, -0.2) is 0 Å². The number of hydrogen-bond donors (Lipinski definition) is 24. The molecule has 0 aromatic rings. The van der Waals surface area contributed by atoms with E-state index in [1.807, 2.05) is 0 Å². The molecule has 96 heavy (non-hydrogen) atoms. The number of carbonyl (C=O) groups is 11. The maximum atomic E-state index is 14.6. The number of likely N-dealkylation sites (tertiary alicyclic amines) is 1. The molecule has 1 aliphatic heterocycles. The molecule has 1 heterocycles. The highest BCUT2D eigenvalue weighted by Crippen LogP contribution is 2.20. The maximum Gasteiger partial charge on any atom is 0.243 e. The Hall–Kier alpha value is -9.64. The van der Waals surface area contributed by atoms with Crippen LogP contribution in [0.15, 0.2) is 25.0 Å². The molecule has 38 N–H and O–H groups in total. The predicted octanol–water partition coefficient (Wildman–Crippen LogP) is -11.7. The molecule has 1 aliphatic rings. The number of carbonyl (C=O) groups excluding carboxylic acids is 11. The number of unbranched alkanes of at least 4 members (excludes halogenated alkanes) is 2. The van der Waals surface area contributed by atoms with Gasteiger partial charge in [-0.3, -0.25) is 77.7 Å². The second-order valence-electron chi connectivity index (χ2n) is 22.7. The molecule has 41 nitrogen and oxygen atoms in total. The summed E-state index contributed by atoms with van der Waals surface area (Å²) in [6.07, 6.45) is 0.813. The van der Waals surface area contributed by atoms with E-state index in [9.17, 15) is 57.8 Å². The lowest BCUT2D eigenvalue weighted by molar-refractivity contribution is -0.142. The quantitative estimate of drug-likeness (QED) is 0.0153. The molecule has 0 saturated carbocycles. The minimum absolute atomic E-state index is 0.0134. The first kappa shape index (κ1) is 84.4. The van der Waals surface area contributed by atoms with Gasteiger partial charge in [0.15, 0.2) is 29.8 Å². The second-order valence-corrected chi connectivity index (χ2v) is 22.7. The number of guanidine groups is 5. The molecule has 1 saturated heterocycles. The smallest absolute Gasteiger partial charge is 0.243 e. The fraction of sp³-hybridized carbons (Fsp3) is 0.709. The lowest BCUT2D eigenvalue weighted by Gasteiger charge is -2.29. The molecule has 41 heteroatoms. The molecule has 0 unspecified atom stereocenters. The molecule has 0 aromatic heterocycles. The first-order chi connectivity index (χ1) is 45.4. The van der Waals surface area contributed by atoms with Crippen LogP contribution in [-0.4, -0.2) is 231 Å². The zero-order valence-electron chi connectivity index (χ0n) is 54.8. The second kappa shape index (κ2) is 47.3. The third kappa shape index (κ3) is 36.1. The Labute approximate surface area is 557 Å². The summed E-state index contributed by atoms with van der Waals surface area (Å²) in [6.45, 7) is 0.641. The number of nitrogens with two attached hydrogens (primary N) is 14. The number of aliphatic imine (C=N–C) groups is 5. The van der Waals surface area contributed by atoms with Crippen LogP contribution in [0.3, 0.4) is 0 Å². The molecule has 0 radical (unpaired) electrons. The van der Waals surface area contributed by atoms with E-state index in [1.165, 1.54) is 11.8 Å². The van der Waals surface area contributed by atoms with Crippen LogP contribution in [0, 0.1) is 0 Å². The van der Waals surface area contributed by atoms with Gasteiger partial charge in [0, 0.05) is 39.3 Å². The number of rotatable bonds is 49. The monoisotopic (exact) mass is 1370 g/mol. The third-order valence-electron chi connectivity index (χ3n) is 14.6. The van der Waals surface area contributed by atoms with E-state index < -0.39 is 139 Å². The Morgan fingerprint density at radius 3 is 1.01 bits per heavy atom. The van der Waals surface area contributed by atoms with Crippen LogP contribution in [-0.2, 0) is 52.7 Å². The first-order valence-corrected chi connectivity index (χ1v) is 31.8. The summed E-state index contributed by atoms with van der Waals surface area (Å²) in [5, 5.41) is 33.2. The summed E-state index contributed by atoms with van der Waals surface area (Å²) in [4.78, 5) is 172. The van der Waals surface area contributed by atoms with E-state index in [4.69, 9.17) is 80.3 Å². The van der Waals surface area contributed by atoms with Crippen molar-refractivity contribution in [3.05, 3.63) is 0 Å². The molecule has 544 valence electrons. The molecule has 10 atom stereocenters. The van der Waals surface area contributed by atoms with Crippen LogP contribution in [0.5, 0.6) is 0 Å². The minimum Gasteiger partial charge on any atom is -0.391 e. The molecule has 0 bridgehead atoms. The van der Waals surface area contributed by atoms with Crippen molar-refractivity contribution in [2.45, 2.75) is 183 Å². The Morgan fingerprint density at radius 1 is 0.417 bits per heavy atom. The van der Waals surface area contributed by atoms with E-state index in [0.29, 0.717) is 25.7 Å². The van der Waals surface area contributed by atoms with Crippen molar-refractivity contribution in [2.75, 3.05) is 65.4 Å². The van der Waals surface area contributed by atoms with Crippen LogP contribution in [0.2, 0.25) is 0 Å². The van der Waals surface area contributed by atoms with E-state index >= 15 is 0 Å². The number of amides is 11. The number of aliphatic hydroxyl groups excluding tert-OH is 1. The topological polar surface area (TPSA) is 746 Å². The Bertz CT molecular complexity index is 2660. The van der Waals surface area contributed by atoms with Crippen LogP contribution in [0.4, 0.5) is 0 Å². The number of hydrogen-bond acceptors (Lipinski definition) is 20. The normalized spacial score (nSPS) is 15.2. The Kier molecular flexibility index (Phi) is 41.5. The zero-order valence-corrected chi connectivity index (χ0v) is 54.8. The Morgan fingerprint density at radius 2 is 0.708 bits per heavy atom. The van der Waals surface area contributed by atoms with Crippen molar-refractivity contribution < 1.29 is 57.8 Å². The van der Waals surface area contributed by atoms with E-state index in [2.05, 4.69) is 72.8 Å². The Balaban J connectivity index is 3.72. The van der Waals surface area contributed by atoms with Crippen molar-refractivity contribution >= 4 is 94.8 Å². The fourth-order valence-electron chi connectivity index (χ4n) is 9.55. The van der Waals surface area contributed by atoms with Gasteiger partial charge < -0.3 is 138 Å². The van der Waals surface area contributed by atoms with Gasteiger partial charge in [0.25, 0.3) is 0 Å². The molecule has 1 rings (SSSR count). The van der Waals surface area contributed by atoms with Crippen LogP contribution >= 0.6 is 0 Å². The highest BCUT2D eigenvalue weighted by atomic mass is 16.3. The minimum atomic E-state index is -1.50. The average Bonchev–Trinajstić information content (AvgIpc) is 1.73. The number of aliphatic hydroxyl groups is 1. The van der Waals surface area contributed by atoms with Gasteiger partial charge in [-0.15, -0.1) is 0 Å². The summed E-state index contributed by atoms with van der Waals surface area (Å²) in [5.74, 6) is -10.5. The van der Waals surface area contributed by atoms with Gasteiger partial charge in [0.05, 0.1) is 19.2 Å². The lowest BCUT2D eigenvalue weighted by atomic mass is 10.0. The molecular formula is C55H107N29O12. The molecule has 0 spiro atoms. The van der Waals surface area contributed by atoms with Crippen LogP contribution < -0.4 is 128 Å². The molecule has 0 aromatic carbocycles. The zero-order chi connectivity index (χ0) is 72.3. The van der Waals surface area contributed by atoms with Gasteiger partial charge in [-0.2, -0.15) is 0 Å². The van der Waals surface area contributed by atoms with E-state index in [-0.39, 0.29) is 172 Å². The maximum absolute atomic E-state index is 14.6. The van der Waals surface area contributed by atoms with Crippen LogP contribution in [0.25, 0.3) is 0 Å². The molecule has 1 fully saturated rings. The van der Waals surface area contributed by atoms with Gasteiger partial charge >= 0.3 is 0 Å². The number of nitrogens with one attached hydrogen (secondary N) is 9. The van der Waals surface area contributed by atoms with E-state index in [1.54, 1.807) is 0 Å². The first-order valence-electron chi connectivity index (χ1n) is 31.8. The highest BCUT2D eigenvalue weighted by molar-refractivity contribution is 5.98. The van der Waals surface area contributed by atoms with Crippen molar-refractivity contribution in [3.8, 4) is 0 Å². The summed E-state index contributed by atoms with van der Waals surface area (Å²) < 4.78 is 0. The highest BCUT2D eigenvalue weighted by Gasteiger charge is 2.39. The molecule has 11 amide bonds. The number of primary amides is 1. The molecule has 0 aliphatic carbocycles. The van der Waals surface area contributed by atoms with Crippen molar-refractivity contribution in [3.63, 3.8) is 0 Å². The SMILES string of the molecule is C[C@@H](O)[C@H](N)C(=O)N1CCC[C@H]1C(=O)N[C@@H](CCCN=C(N)N)C(=O)NCC(=O)N[C@@H](CCCN=C(N)N)C(=O)N[C@@H](CCCN=C(N)N)C(=O)N[C@@H](CCCN=C(N)N)C(=O)N[C@@H](CCCCN)C(=O)N[C@@H](CCCCN)C(=O)N[C@@H](CCCN=C(N)N)C(=O)NCC(N)=O. The summed E-state index contributed by atoms with van der Waals surface area (Å²) in [5.41, 5.74) is 78.0. The van der Waals surface area contributed by atoms with Gasteiger partial charge in [0.2, 0.25) is 65.0 Å². The standard InChI is InChI=1S/C55H107N29O12/c1-30(85)41(59)50(96)84-27-11-19-38(84)49(95)83-32(15-7-23-71-52(62)63)43(89)76-29-40(87)77-33(16-8-24-72-53(64)65)44(90)81-36(17-9-25-73-54(66)67)48(94)82-37(18-10-26-74-55(68)69)47(93)80-35(13-3-5-21-57)46(92)79-34(12-2-4-20-56)45(91)78-31(14-6-22-70-51(60)61)42(88)75-28-39(58)86/h30-38,41,85H,2-29,56-57,59H2,1H3,(H2,58,86)(H,75,88)(H,76,89)(H,77,87)(H,78,91)(H,79,92)(H,80,93)(H,81,90)(H,82,94)(H,83,95)(H4,60,61,70)(H4,62,63,71)(H4,64,65,72)(H4,66,67,73)(H4,68,69,74)/t30-,31+,32+,33+,34+,35+,36+,37+,38+,41+/m1/s1. The molecular weight excluding hydrogens is 1260 g/mol. The van der Waals surface area contributed by atoms with Crippen molar-refractivity contribution in [1.29, 1.82) is 0 Å². The van der Waals surface area contributed by atoms with Gasteiger partial charge in [0.1, 0.15) is 54.4 Å².